The van der Waals surface area contributed by atoms with Crippen molar-refractivity contribution in [3.63, 3.8) is 0 Å². The maximum atomic E-state index is 12.9. The highest BCUT2D eigenvalue weighted by atomic mass is 19.1. The highest BCUT2D eigenvalue weighted by Crippen LogP contribution is 2.06. The summed E-state index contributed by atoms with van der Waals surface area (Å²) in [6.07, 6.45) is 1.54. The van der Waals surface area contributed by atoms with Crippen molar-refractivity contribution in [3.05, 3.63) is 24.1 Å². The van der Waals surface area contributed by atoms with Crippen molar-refractivity contribution in [1.29, 1.82) is 0 Å². The van der Waals surface area contributed by atoms with Gasteiger partial charge in [-0.3, -0.25) is 0 Å². The van der Waals surface area contributed by atoms with Gasteiger partial charge in [-0.05, 0) is 12.1 Å². The number of anilines is 1. The first-order valence-corrected chi connectivity index (χ1v) is 3.68. The van der Waals surface area contributed by atoms with Crippen LogP contribution < -0.4 is 5.32 Å². The molecular weight excluding hydrogens is 159 g/mol. The van der Waals surface area contributed by atoms with E-state index in [1.54, 1.807) is 13.2 Å². The highest BCUT2D eigenvalue weighted by Gasteiger charge is 1.98. The quantitative estimate of drug-likeness (QED) is 0.691. The average Bonchev–Trinajstić information content (AvgIpc) is 2.09. The molecule has 1 heterocycles. The number of rotatable bonds is 4. The van der Waals surface area contributed by atoms with E-state index in [4.69, 9.17) is 4.74 Å². The van der Waals surface area contributed by atoms with Gasteiger partial charge in [-0.25, -0.2) is 9.37 Å². The van der Waals surface area contributed by atoms with Gasteiger partial charge in [-0.1, -0.05) is 0 Å². The van der Waals surface area contributed by atoms with Crippen molar-refractivity contribution in [1.82, 2.24) is 4.98 Å². The fourth-order valence-electron chi connectivity index (χ4n) is 0.787. The minimum absolute atomic E-state index is 0.273. The van der Waals surface area contributed by atoms with Gasteiger partial charge in [0.1, 0.15) is 0 Å². The molecule has 1 aromatic rings. The largest absolute Gasteiger partial charge is 0.383 e. The number of hydrogen-bond acceptors (Lipinski definition) is 3. The van der Waals surface area contributed by atoms with E-state index in [2.05, 4.69) is 10.3 Å². The zero-order chi connectivity index (χ0) is 8.81. The zero-order valence-electron chi connectivity index (χ0n) is 6.88. The number of nitrogens with one attached hydrogen (secondary N) is 1. The molecule has 0 amide bonds. The average molecular weight is 170 g/mol. The van der Waals surface area contributed by atoms with Gasteiger partial charge >= 0.3 is 0 Å². The maximum Gasteiger partial charge on any atom is 0.165 e. The molecular formula is C8H11FN2O. The third kappa shape index (κ3) is 2.47. The number of methoxy groups -OCH3 is 1. The van der Waals surface area contributed by atoms with Crippen LogP contribution in [0.25, 0.3) is 0 Å². The van der Waals surface area contributed by atoms with E-state index < -0.39 is 0 Å². The van der Waals surface area contributed by atoms with Gasteiger partial charge in [0.2, 0.25) is 0 Å². The molecule has 0 spiro atoms. The zero-order valence-corrected chi connectivity index (χ0v) is 6.88. The summed E-state index contributed by atoms with van der Waals surface area (Å²) in [7, 11) is 1.59. The Morgan fingerprint density at radius 2 is 2.50 bits per heavy atom. The fourth-order valence-corrected chi connectivity index (χ4v) is 0.787. The van der Waals surface area contributed by atoms with Crippen LogP contribution >= 0.6 is 0 Å². The van der Waals surface area contributed by atoms with Crippen LogP contribution in [0.4, 0.5) is 10.2 Å². The standard InChI is InChI=1S/C8H11FN2O/c1-12-6-5-11-8-7(9)3-2-4-10-8/h2-4H,5-6H2,1H3,(H,10,11). The van der Waals surface area contributed by atoms with E-state index in [9.17, 15) is 4.39 Å². The lowest BCUT2D eigenvalue weighted by Gasteiger charge is -2.04. The Morgan fingerprint density at radius 1 is 1.67 bits per heavy atom. The van der Waals surface area contributed by atoms with E-state index >= 15 is 0 Å². The van der Waals surface area contributed by atoms with Crippen molar-refractivity contribution < 1.29 is 9.13 Å². The van der Waals surface area contributed by atoms with Crippen molar-refractivity contribution in [2.24, 2.45) is 0 Å². The van der Waals surface area contributed by atoms with Crippen LogP contribution in [0.1, 0.15) is 0 Å². The van der Waals surface area contributed by atoms with E-state index in [1.807, 2.05) is 0 Å². The second kappa shape index (κ2) is 4.66. The van der Waals surface area contributed by atoms with Crippen LogP contribution in [0.5, 0.6) is 0 Å². The van der Waals surface area contributed by atoms with Gasteiger partial charge in [0.25, 0.3) is 0 Å². The molecule has 3 nitrogen and oxygen atoms in total. The Balaban J connectivity index is 2.46. The molecule has 1 aromatic heterocycles. The first-order chi connectivity index (χ1) is 5.84. The lowest BCUT2D eigenvalue weighted by atomic mass is 10.4. The number of nitrogens with zero attached hydrogens (tertiary/aromatic N) is 1. The van der Waals surface area contributed by atoms with Gasteiger partial charge in [-0.2, -0.15) is 0 Å². The summed E-state index contributed by atoms with van der Waals surface area (Å²) in [5.41, 5.74) is 0. The molecule has 0 aromatic carbocycles. The second-order valence-corrected chi connectivity index (χ2v) is 2.25. The van der Waals surface area contributed by atoms with Crippen molar-refractivity contribution in [2.75, 3.05) is 25.6 Å². The van der Waals surface area contributed by atoms with Crippen LogP contribution in [0.15, 0.2) is 18.3 Å². The predicted octanol–water partition coefficient (Wildman–Crippen LogP) is 1.28. The number of ether oxygens (including phenoxy) is 1. The van der Waals surface area contributed by atoms with Crippen LogP contribution in [-0.4, -0.2) is 25.2 Å². The van der Waals surface area contributed by atoms with Gasteiger partial charge < -0.3 is 10.1 Å². The summed E-state index contributed by atoms with van der Waals surface area (Å²) in [5, 5.41) is 2.80. The first kappa shape index (κ1) is 8.93. The summed E-state index contributed by atoms with van der Waals surface area (Å²) >= 11 is 0. The van der Waals surface area contributed by atoms with E-state index in [0.717, 1.165) is 0 Å². The first-order valence-electron chi connectivity index (χ1n) is 3.68. The third-order valence-electron chi connectivity index (χ3n) is 1.36. The molecule has 4 heteroatoms. The smallest absolute Gasteiger partial charge is 0.165 e. The van der Waals surface area contributed by atoms with Gasteiger partial charge in [0, 0.05) is 19.9 Å². The third-order valence-corrected chi connectivity index (χ3v) is 1.36. The molecule has 0 saturated heterocycles. The number of aromatic nitrogens is 1. The summed E-state index contributed by atoms with van der Waals surface area (Å²) in [4.78, 5) is 3.81. The molecule has 0 bridgehead atoms. The Morgan fingerprint density at radius 3 is 3.17 bits per heavy atom. The normalized spacial score (nSPS) is 9.83. The minimum Gasteiger partial charge on any atom is -0.383 e. The molecule has 0 saturated carbocycles. The number of halogens is 1. The molecule has 0 unspecified atom stereocenters. The van der Waals surface area contributed by atoms with Crippen LogP contribution in [-0.2, 0) is 4.74 Å². The lowest BCUT2D eigenvalue weighted by molar-refractivity contribution is 0.210. The Bertz CT molecular complexity index is 242. The molecule has 0 aliphatic rings. The molecule has 1 N–H and O–H groups in total. The molecule has 0 radical (unpaired) electrons. The Labute approximate surface area is 70.6 Å². The summed E-state index contributed by atoms with van der Waals surface area (Å²) in [6, 6.07) is 2.92. The molecule has 0 aliphatic heterocycles. The van der Waals surface area contributed by atoms with Crippen molar-refractivity contribution in [3.8, 4) is 0 Å². The van der Waals surface area contributed by atoms with Crippen LogP contribution in [0, 0.1) is 5.82 Å². The minimum atomic E-state index is -0.339. The molecule has 1 rings (SSSR count). The molecule has 0 fully saturated rings. The molecule has 66 valence electrons. The van der Waals surface area contributed by atoms with Gasteiger partial charge in [0.05, 0.1) is 6.61 Å². The fraction of sp³-hybridized carbons (Fsp3) is 0.375. The molecule has 12 heavy (non-hydrogen) atoms. The second-order valence-electron chi connectivity index (χ2n) is 2.25. The maximum absolute atomic E-state index is 12.9. The van der Waals surface area contributed by atoms with Gasteiger partial charge in [-0.15, -0.1) is 0 Å². The summed E-state index contributed by atoms with van der Waals surface area (Å²) in [5.74, 6) is -0.0665. The Kier molecular flexibility index (Phi) is 3.47. The number of pyridine rings is 1. The van der Waals surface area contributed by atoms with Crippen molar-refractivity contribution >= 4 is 5.82 Å². The predicted molar refractivity (Wildman–Crippen MR) is 44.6 cm³/mol. The topological polar surface area (TPSA) is 34.1 Å². The molecule has 0 atom stereocenters. The Hall–Kier alpha value is -1.16. The van der Waals surface area contributed by atoms with Crippen LogP contribution in [0.3, 0.4) is 0 Å². The van der Waals surface area contributed by atoms with Crippen molar-refractivity contribution in [2.45, 2.75) is 0 Å². The lowest BCUT2D eigenvalue weighted by Crippen LogP contribution is -2.09. The number of hydrogen-bond donors (Lipinski definition) is 1. The van der Waals surface area contributed by atoms with E-state index in [0.29, 0.717) is 13.2 Å². The summed E-state index contributed by atoms with van der Waals surface area (Å²) < 4.78 is 17.6. The van der Waals surface area contributed by atoms with Gasteiger partial charge in [0.15, 0.2) is 11.6 Å². The van der Waals surface area contributed by atoms with Crippen LogP contribution in [0.2, 0.25) is 0 Å². The highest BCUT2D eigenvalue weighted by molar-refractivity contribution is 5.35. The van der Waals surface area contributed by atoms with E-state index in [-0.39, 0.29) is 11.6 Å². The molecule has 0 aliphatic carbocycles. The summed E-state index contributed by atoms with van der Waals surface area (Å²) in [6.45, 7) is 1.10. The SMILES string of the molecule is COCCNc1ncccc1F. The van der Waals surface area contributed by atoms with E-state index in [1.165, 1.54) is 12.3 Å². The monoisotopic (exact) mass is 170 g/mol.